The second kappa shape index (κ2) is 11.6. The largest absolute Gasteiger partial charge is 0.372 e. The molecule has 2 amide bonds. The molecule has 2 aromatic carbocycles. The highest BCUT2D eigenvalue weighted by atomic mass is 35.5. The highest BCUT2D eigenvalue weighted by Gasteiger charge is 2.13. The van der Waals surface area contributed by atoms with Crippen molar-refractivity contribution in [1.82, 2.24) is 10.6 Å². The summed E-state index contributed by atoms with van der Waals surface area (Å²) < 4.78 is 0. The topological polar surface area (TPSA) is 61.4 Å². The molecular formula is C24H30ClN3O2. The molecule has 160 valence electrons. The van der Waals surface area contributed by atoms with E-state index in [4.69, 9.17) is 11.6 Å². The molecule has 2 N–H and O–H groups in total. The Hall–Kier alpha value is -2.53. The predicted octanol–water partition coefficient (Wildman–Crippen LogP) is 4.09. The van der Waals surface area contributed by atoms with Crippen molar-refractivity contribution in [2.45, 2.75) is 45.1 Å². The first-order chi connectivity index (χ1) is 14.6. The Labute approximate surface area is 183 Å². The average Bonchev–Trinajstić information content (AvgIpc) is 3.06. The first kappa shape index (κ1) is 22.2. The Morgan fingerprint density at radius 1 is 0.867 bits per heavy atom. The van der Waals surface area contributed by atoms with Gasteiger partial charge < -0.3 is 15.5 Å². The van der Waals surface area contributed by atoms with Gasteiger partial charge in [0.2, 0.25) is 0 Å². The highest BCUT2D eigenvalue weighted by molar-refractivity contribution is 6.35. The lowest BCUT2D eigenvalue weighted by molar-refractivity contribution is -0.139. The Morgan fingerprint density at radius 3 is 2.23 bits per heavy atom. The Morgan fingerprint density at radius 2 is 1.53 bits per heavy atom. The fraction of sp³-hybridized carbons (Fsp3) is 0.417. The van der Waals surface area contributed by atoms with Crippen LogP contribution in [0.4, 0.5) is 5.69 Å². The van der Waals surface area contributed by atoms with Crippen LogP contribution in [0, 0.1) is 0 Å². The van der Waals surface area contributed by atoms with Crippen molar-refractivity contribution in [3.05, 3.63) is 64.7 Å². The average molecular weight is 428 g/mol. The predicted molar refractivity (Wildman–Crippen MR) is 122 cm³/mol. The maximum atomic E-state index is 11.9. The summed E-state index contributed by atoms with van der Waals surface area (Å²) in [6.45, 7) is 2.98. The Kier molecular flexibility index (Phi) is 8.57. The van der Waals surface area contributed by atoms with Crippen LogP contribution in [0.25, 0.3) is 0 Å². The second-order valence-electron chi connectivity index (χ2n) is 7.70. The van der Waals surface area contributed by atoms with E-state index in [1.807, 2.05) is 18.2 Å². The van der Waals surface area contributed by atoms with E-state index in [0.29, 0.717) is 11.6 Å². The standard InChI is InChI=1S/C24H30ClN3O2/c25-22-10-4-3-9-20(22)18-27-24(30)23(29)26-15-7-8-19-11-13-21(14-12-19)28-16-5-1-2-6-17-28/h3-4,9-14H,1-2,5-8,15-18H2,(H,26,29)(H,27,30). The number of benzene rings is 2. The summed E-state index contributed by atoms with van der Waals surface area (Å²) in [5.41, 5.74) is 3.32. The summed E-state index contributed by atoms with van der Waals surface area (Å²) in [5.74, 6) is -1.25. The number of nitrogens with zero attached hydrogens (tertiary/aromatic N) is 1. The molecular weight excluding hydrogens is 398 g/mol. The number of amides is 2. The minimum atomic E-state index is -0.642. The number of hydrogen-bond donors (Lipinski definition) is 2. The summed E-state index contributed by atoms with van der Waals surface area (Å²) >= 11 is 6.05. The van der Waals surface area contributed by atoms with Crippen LogP contribution in [0.5, 0.6) is 0 Å². The molecule has 1 aliphatic rings. The van der Waals surface area contributed by atoms with Crippen molar-refractivity contribution in [3.8, 4) is 0 Å². The highest BCUT2D eigenvalue weighted by Crippen LogP contribution is 2.20. The molecule has 2 aromatic rings. The van der Waals surface area contributed by atoms with E-state index < -0.39 is 11.8 Å². The summed E-state index contributed by atoms with van der Waals surface area (Å²) in [6, 6.07) is 16.0. The van der Waals surface area contributed by atoms with Gasteiger partial charge in [-0.15, -0.1) is 0 Å². The van der Waals surface area contributed by atoms with E-state index in [9.17, 15) is 9.59 Å². The number of hydrogen-bond acceptors (Lipinski definition) is 3. The molecule has 0 saturated carbocycles. The van der Waals surface area contributed by atoms with Crippen LogP contribution in [-0.2, 0) is 22.6 Å². The molecule has 1 saturated heterocycles. The van der Waals surface area contributed by atoms with Crippen molar-refractivity contribution in [2.24, 2.45) is 0 Å². The molecule has 30 heavy (non-hydrogen) atoms. The van der Waals surface area contributed by atoms with Crippen molar-refractivity contribution >= 4 is 29.1 Å². The maximum Gasteiger partial charge on any atom is 0.309 e. The number of rotatable bonds is 7. The fourth-order valence-corrected chi connectivity index (χ4v) is 3.88. The van der Waals surface area contributed by atoms with Gasteiger partial charge in [-0.25, -0.2) is 0 Å². The third-order valence-electron chi connectivity index (χ3n) is 5.44. The van der Waals surface area contributed by atoms with Crippen LogP contribution >= 0.6 is 11.6 Å². The van der Waals surface area contributed by atoms with Crippen LogP contribution in [-0.4, -0.2) is 31.4 Å². The zero-order valence-electron chi connectivity index (χ0n) is 17.3. The van der Waals surface area contributed by atoms with Gasteiger partial charge in [0.15, 0.2) is 0 Å². The molecule has 3 rings (SSSR count). The van der Waals surface area contributed by atoms with Crippen molar-refractivity contribution < 1.29 is 9.59 Å². The van der Waals surface area contributed by atoms with Gasteiger partial charge in [0.25, 0.3) is 0 Å². The van der Waals surface area contributed by atoms with Gasteiger partial charge >= 0.3 is 11.8 Å². The van der Waals surface area contributed by atoms with E-state index >= 15 is 0 Å². The Balaban J connectivity index is 1.35. The van der Waals surface area contributed by atoms with Crippen LogP contribution in [0.15, 0.2) is 48.5 Å². The number of aryl methyl sites for hydroxylation is 1. The smallest absolute Gasteiger partial charge is 0.309 e. The number of nitrogens with one attached hydrogen (secondary N) is 2. The molecule has 1 aliphatic heterocycles. The van der Waals surface area contributed by atoms with Crippen LogP contribution in [0.2, 0.25) is 5.02 Å². The zero-order chi connectivity index (χ0) is 21.2. The number of carbonyl (C=O) groups is 2. The monoisotopic (exact) mass is 427 g/mol. The Bertz CT molecular complexity index is 831. The molecule has 1 fully saturated rings. The van der Waals surface area contributed by atoms with Crippen LogP contribution in [0.3, 0.4) is 0 Å². The summed E-state index contributed by atoms with van der Waals surface area (Å²) in [6.07, 6.45) is 6.85. The third kappa shape index (κ3) is 6.77. The lowest BCUT2D eigenvalue weighted by Gasteiger charge is -2.22. The van der Waals surface area contributed by atoms with E-state index in [1.54, 1.807) is 6.07 Å². The van der Waals surface area contributed by atoms with Gasteiger partial charge in [0.1, 0.15) is 0 Å². The molecule has 6 heteroatoms. The van der Waals surface area contributed by atoms with E-state index in [0.717, 1.165) is 31.5 Å². The first-order valence-corrected chi connectivity index (χ1v) is 11.1. The SMILES string of the molecule is O=C(NCCCc1ccc(N2CCCCCC2)cc1)C(=O)NCc1ccccc1Cl. The van der Waals surface area contributed by atoms with Crippen molar-refractivity contribution in [3.63, 3.8) is 0 Å². The van der Waals surface area contributed by atoms with Gasteiger partial charge in [0, 0.05) is 36.9 Å². The molecule has 0 spiro atoms. The number of carbonyl (C=O) groups excluding carboxylic acids is 2. The molecule has 1 heterocycles. The first-order valence-electron chi connectivity index (χ1n) is 10.8. The van der Waals surface area contributed by atoms with Gasteiger partial charge in [-0.2, -0.15) is 0 Å². The van der Waals surface area contributed by atoms with Gasteiger partial charge in [-0.05, 0) is 55.0 Å². The molecule has 0 atom stereocenters. The summed E-state index contributed by atoms with van der Waals surface area (Å²) in [5, 5.41) is 5.85. The number of halogens is 1. The van der Waals surface area contributed by atoms with Crippen LogP contribution in [0.1, 0.15) is 43.2 Å². The molecule has 5 nitrogen and oxygen atoms in total. The van der Waals surface area contributed by atoms with Crippen LogP contribution < -0.4 is 15.5 Å². The summed E-state index contributed by atoms with van der Waals surface area (Å²) in [7, 11) is 0. The van der Waals surface area contributed by atoms with E-state index in [1.165, 1.54) is 36.9 Å². The minimum absolute atomic E-state index is 0.231. The van der Waals surface area contributed by atoms with Gasteiger partial charge in [-0.3, -0.25) is 9.59 Å². The lowest BCUT2D eigenvalue weighted by Crippen LogP contribution is -2.40. The number of anilines is 1. The molecule has 0 radical (unpaired) electrons. The summed E-state index contributed by atoms with van der Waals surface area (Å²) in [4.78, 5) is 26.4. The van der Waals surface area contributed by atoms with E-state index in [2.05, 4.69) is 39.8 Å². The van der Waals surface area contributed by atoms with Gasteiger partial charge in [0.05, 0.1) is 0 Å². The molecule has 0 bridgehead atoms. The van der Waals surface area contributed by atoms with Crippen molar-refractivity contribution in [1.29, 1.82) is 0 Å². The third-order valence-corrected chi connectivity index (χ3v) is 5.81. The van der Waals surface area contributed by atoms with Crippen molar-refractivity contribution in [2.75, 3.05) is 24.5 Å². The maximum absolute atomic E-state index is 11.9. The molecule has 0 aromatic heterocycles. The lowest BCUT2D eigenvalue weighted by atomic mass is 10.1. The van der Waals surface area contributed by atoms with E-state index in [-0.39, 0.29) is 6.54 Å². The minimum Gasteiger partial charge on any atom is -0.372 e. The van der Waals surface area contributed by atoms with Gasteiger partial charge in [-0.1, -0.05) is 54.8 Å². The molecule has 0 aliphatic carbocycles. The molecule has 0 unspecified atom stereocenters. The second-order valence-corrected chi connectivity index (χ2v) is 8.11. The normalized spacial score (nSPS) is 14.1. The zero-order valence-corrected chi connectivity index (χ0v) is 18.1. The fourth-order valence-electron chi connectivity index (χ4n) is 3.67. The quantitative estimate of drug-likeness (QED) is 0.517.